The third-order valence-corrected chi connectivity index (χ3v) is 5.12. The van der Waals surface area contributed by atoms with Gasteiger partial charge in [-0.1, -0.05) is 36.4 Å². The molecule has 2 aliphatic rings. The van der Waals surface area contributed by atoms with Crippen LogP contribution in [-0.2, 0) is 11.2 Å². The van der Waals surface area contributed by atoms with Crippen molar-refractivity contribution in [2.45, 2.75) is 37.6 Å². The van der Waals surface area contributed by atoms with E-state index in [4.69, 9.17) is 14.2 Å². The quantitative estimate of drug-likeness (QED) is 0.786. The van der Waals surface area contributed by atoms with E-state index in [2.05, 4.69) is 29.6 Å². The Labute approximate surface area is 160 Å². The van der Waals surface area contributed by atoms with Gasteiger partial charge in [0.2, 0.25) is 0 Å². The zero-order valence-electron chi connectivity index (χ0n) is 15.5. The first kappa shape index (κ1) is 18.3. The van der Waals surface area contributed by atoms with E-state index in [0.717, 1.165) is 30.8 Å². The van der Waals surface area contributed by atoms with Gasteiger partial charge in [-0.05, 0) is 42.5 Å². The Bertz CT molecular complexity index is 751. The van der Waals surface area contributed by atoms with E-state index < -0.39 is 6.10 Å². The lowest BCUT2D eigenvalue weighted by Gasteiger charge is -2.28. The Morgan fingerprint density at radius 3 is 2.85 bits per heavy atom. The Hall–Kier alpha value is -2.08. The third kappa shape index (κ3) is 4.61. The summed E-state index contributed by atoms with van der Waals surface area (Å²) in [6, 6.07) is 16.1. The molecule has 2 aromatic carbocycles. The maximum absolute atomic E-state index is 10.3. The molecule has 0 unspecified atom stereocenters. The van der Waals surface area contributed by atoms with Crippen molar-refractivity contribution in [1.82, 2.24) is 5.32 Å². The van der Waals surface area contributed by atoms with Gasteiger partial charge in [-0.25, -0.2) is 0 Å². The van der Waals surface area contributed by atoms with Gasteiger partial charge in [0.15, 0.2) is 11.5 Å². The molecule has 27 heavy (non-hydrogen) atoms. The Morgan fingerprint density at radius 1 is 1.11 bits per heavy atom. The van der Waals surface area contributed by atoms with E-state index in [1.54, 1.807) is 0 Å². The van der Waals surface area contributed by atoms with Crippen molar-refractivity contribution in [3.05, 3.63) is 59.7 Å². The predicted octanol–water partition coefficient (Wildman–Crippen LogP) is 2.87. The molecule has 5 heteroatoms. The van der Waals surface area contributed by atoms with Crippen molar-refractivity contribution in [2.24, 2.45) is 0 Å². The van der Waals surface area contributed by atoms with Gasteiger partial charge < -0.3 is 24.6 Å². The molecule has 1 aliphatic heterocycles. The van der Waals surface area contributed by atoms with E-state index in [1.807, 2.05) is 24.3 Å². The van der Waals surface area contributed by atoms with Crippen LogP contribution in [0.2, 0.25) is 0 Å². The van der Waals surface area contributed by atoms with Crippen molar-refractivity contribution in [3.8, 4) is 11.5 Å². The van der Waals surface area contributed by atoms with E-state index in [-0.39, 0.29) is 12.2 Å². The first-order valence-electron chi connectivity index (χ1n) is 9.76. The van der Waals surface area contributed by atoms with Crippen LogP contribution >= 0.6 is 0 Å². The first-order valence-corrected chi connectivity index (χ1v) is 9.76. The summed E-state index contributed by atoms with van der Waals surface area (Å²) in [6.45, 7) is 1.93. The highest BCUT2D eigenvalue weighted by atomic mass is 16.6. The molecule has 1 aliphatic carbocycles. The van der Waals surface area contributed by atoms with Gasteiger partial charge in [0.25, 0.3) is 0 Å². The van der Waals surface area contributed by atoms with Gasteiger partial charge in [-0.15, -0.1) is 0 Å². The van der Waals surface area contributed by atoms with Crippen LogP contribution in [0.1, 0.15) is 30.1 Å². The average Bonchev–Trinajstić information content (AvgIpc) is 2.72. The highest BCUT2D eigenvalue weighted by Crippen LogP contribution is 2.32. The monoisotopic (exact) mass is 369 g/mol. The maximum atomic E-state index is 10.3. The second kappa shape index (κ2) is 8.74. The van der Waals surface area contributed by atoms with Crippen molar-refractivity contribution < 1.29 is 19.3 Å². The molecule has 144 valence electrons. The van der Waals surface area contributed by atoms with E-state index in [9.17, 15) is 5.11 Å². The SMILES string of the molecule is O[C@H](CNC[C@H]1COc2ccccc2O1)CO[C@H]1CCCc2ccccc21. The molecule has 2 N–H and O–H groups in total. The fourth-order valence-electron chi connectivity index (χ4n) is 3.74. The topological polar surface area (TPSA) is 60.0 Å². The summed E-state index contributed by atoms with van der Waals surface area (Å²) in [5.74, 6) is 1.56. The number of rotatable bonds is 7. The fraction of sp³-hybridized carbons (Fsp3) is 0.455. The standard InChI is InChI=1S/C22H27NO4/c24-17(14-25-20-11-5-7-16-6-1-2-8-19(16)20)12-23-13-18-15-26-21-9-3-4-10-22(21)27-18/h1-4,6,8-10,17-18,20,23-24H,5,7,11-15H2/t17-,18+,20+/m1/s1. The van der Waals surface area contributed by atoms with Crippen LogP contribution in [-0.4, -0.2) is 43.6 Å². The minimum Gasteiger partial charge on any atom is -0.486 e. The Kier molecular flexibility index (Phi) is 5.92. The number of aliphatic hydroxyl groups excluding tert-OH is 1. The number of fused-ring (bicyclic) bond motifs is 2. The minimum atomic E-state index is -0.545. The summed E-state index contributed by atoms with van der Waals surface area (Å²) < 4.78 is 17.6. The Morgan fingerprint density at radius 2 is 1.93 bits per heavy atom. The summed E-state index contributed by atoms with van der Waals surface area (Å²) in [7, 11) is 0. The molecule has 0 radical (unpaired) electrons. The third-order valence-electron chi connectivity index (χ3n) is 5.12. The molecule has 0 aromatic heterocycles. The van der Waals surface area contributed by atoms with Crippen LogP contribution in [0.5, 0.6) is 11.5 Å². The lowest BCUT2D eigenvalue weighted by Crippen LogP contribution is -2.41. The molecular formula is C22H27NO4. The van der Waals surface area contributed by atoms with Crippen LogP contribution < -0.4 is 14.8 Å². The first-order chi connectivity index (χ1) is 13.3. The minimum absolute atomic E-state index is 0.0572. The molecule has 0 bridgehead atoms. The lowest BCUT2D eigenvalue weighted by molar-refractivity contribution is -0.0177. The largest absolute Gasteiger partial charge is 0.486 e. The van der Waals surface area contributed by atoms with Crippen molar-refractivity contribution in [1.29, 1.82) is 0 Å². The molecule has 4 rings (SSSR count). The number of ether oxygens (including phenoxy) is 3. The van der Waals surface area contributed by atoms with Gasteiger partial charge in [0.1, 0.15) is 12.7 Å². The average molecular weight is 369 g/mol. The number of aryl methyl sites for hydroxylation is 1. The van der Waals surface area contributed by atoms with Crippen LogP contribution in [0, 0.1) is 0 Å². The van der Waals surface area contributed by atoms with E-state index >= 15 is 0 Å². The van der Waals surface area contributed by atoms with Crippen LogP contribution in [0.4, 0.5) is 0 Å². The fourth-order valence-corrected chi connectivity index (χ4v) is 3.74. The lowest BCUT2D eigenvalue weighted by atomic mass is 9.89. The van der Waals surface area contributed by atoms with Crippen molar-refractivity contribution in [2.75, 3.05) is 26.3 Å². The summed E-state index contributed by atoms with van der Waals surface area (Å²) in [4.78, 5) is 0. The van der Waals surface area contributed by atoms with Gasteiger partial charge in [-0.2, -0.15) is 0 Å². The number of hydrogen-bond donors (Lipinski definition) is 2. The molecular weight excluding hydrogens is 342 g/mol. The highest BCUT2D eigenvalue weighted by molar-refractivity contribution is 5.40. The summed E-state index contributed by atoms with van der Waals surface area (Å²) >= 11 is 0. The van der Waals surface area contributed by atoms with Crippen LogP contribution in [0.3, 0.4) is 0 Å². The number of para-hydroxylation sites is 2. The van der Waals surface area contributed by atoms with Gasteiger partial charge >= 0.3 is 0 Å². The smallest absolute Gasteiger partial charge is 0.161 e. The van der Waals surface area contributed by atoms with E-state index in [0.29, 0.717) is 26.3 Å². The van der Waals surface area contributed by atoms with E-state index in [1.165, 1.54) is 11.1 Å². The molecule has 0 spiro atoms. The number of aliphatic hydroxyl groups is 1. The Balaban J connectivity index is 1.18. The molecule has 0 saturated heterocycles. The van der Waals surface area contributed by atoms with Gasteiger partial charge in [0.05, 0.1) is 18.8 Å². The number of nitrogens with one attached hydrogen (secondary N) is 1. The highest BCUT2D eigenvalue weighted by Gasteiger charge is 2.22. The zero-order chi connectivity index (χ0) is 18.5. The summed E-state index contributed by atoms with van der Waals surface area (Å²) in [5.41, 5.74) is 2.64. The molecule has 0 fully saturated rings. The number of benzene rings is 2. The van der Waals surface area contributed by atoms with Gasteiger partial charge in [0, 0.05) is 13.1 Å². The predicted molar refractivity (Wildman–Crippen MR) is 103 cm³/mol. The second-order valence-corrected chi connectivity index (χ2v) is 7.22. The number of hydrogen-bond acceptors (Lipinski definition) is 5. The molecule has 0 amide bonds. The second-order valence-electron chi connectivity index (χ2n) is 7.22. The van der Waals surface area contributed by atoms with Crippen LogP contribution in [0.15, 0.2) is 48.5 Å². The molecule has 3 atom stereocenters. The van der Waals surface area contributed by atoms with Gasteiger partial charge in [-0.3, -0.25) is 0 Å². The molecule has 5 nitrogen and oxygen atoms in total. The molecule has 0 saturated carbocycles. The summed E-state index contributed by atoms with van der Waals surface area (Å²) in [5, 5.41) is 13.5. The van der Waals surface area contributed by atoms with Crippen molar-refractivity contribution >= 4 is 0 Å². The van der Waals surface area contributed by atoms with Crippen molar-refractivity contribution in [3.63, 3.8) is 0 Å². The molecule has 2 aromatic rings. The maximum Gasteiger partial charge on any atom is 0.161 e. The van der Waals surface area contributed by atoms with Crippen LogP contribution in [0.25, 0.3) is 0 Å². The summed E-state index contributed by atoms with van der Waals surface area (Å²) in [6.07, 6.45) is 2.76. The molecule has 1 heterocycles. The zero-order valence-corrected chi connectivity index (χ0v) is 15.5. The normalized spacial score (nSPS) is 22.1.